The molecule has 172 valence electrons. The van der Waals surface area contributed by atoms with Crippen molar-refractivity contribution in [3.8, 4) is 0 Å². The molecular weight excluding hydrogens is 505 g/mol. The lowest BCUT2D eigenvalue weighted by Gasteiger charge is -2.31. The van der Waals surface area contributed by atoms with E-state index in [4.69, 9.17) is 0 Å². The number of guanidine groups is 1. The van der Waals surface area contributed by atoms with Gasteiger partial charge < -0.3 is 20.9 Å². The Morgan fingerprint density at radius 3 is 2.42 bits per heavy atom. The van der Waals surface area contributed by atoms with Gasteiger partial charge in [-0.3, -0.25) is 14.6 Å². The summed E-state index contributed by atoms with van der Waals surface area (Å²) in [5.41, 5.74) is 1.55. The van der Waals surface area contributed by atoms with Crippen LogP contribution in [0.4, 0.5) is 5.69 Å². The normalized spacial score (nSPS) is 17.8. The van der Waals surface area contributed by atoms with E-state index in [0.717, 1.165) is 56.2 Å². The van der Waals surface area contributed by atoms with Crippen LogP contribution in [-0.4, -0.2) is 50.4 Å². The number of anilines is 1. The van der Waals surface area contributed by atoms with Gasteiger partial charge in [-0.1, -0.05) is 31.4 Å². The second-order valence-corrected chi connectivity index (χ2v) is 8.78. The number of carbonyl (C=O) groups excluding carboxylic acids is 2. The number of halogens is 1. The molecule has 2 aliphatic rings. The highest BCUT2D eigenvalue weighted by molar-refractivity contribution is 14.0. The fraction of sp³-hybridized carbons (Fsp3) is 0.609. The summed E-state index contributed by atoms with van der Waals surface area (Å²) in [7, 11) is 5.39. The molecule has 0 unspecified atom stereocenters. The fourth-order valence-electron chi connectivity index (χ4n) is 4.33. The maximum Gasteiger partial charge on any atom is 0.230 e. The first kappa shape index (κ1) is 25.4. The van der Waals surface area contributed by atoms with Crippen LogP contribution < -0.4 is 16.0 Å². The second-order valence-electron chi connectivity index (χ2n) is 8.78. The molecule has 2 saturated carbocycles. The predicted octanol–water partition coefficient (Wildman–Crippen LogP) is 3.36. The number of hydrogen-bond acceptors (Lipinski definition) is 3. The molecule has 0 saturated heterocycles. The zero-order chi connectivity index (χ0) is 21.6. The van der Waals surface area contributed by atoms with Crippen molar-refractivity contribution in [3.63, 3.8) is 0 Å². The van der Waals surface area contributed by atoms with Gasteiger partial charge in [0.2, 0.25) is 11.8 Å². The zero-order valence-corrected chi connectivity index (χ0v) is 21.2. The van der Waals surface area contributed by atoms with Gasteiger partial charge in [0.1, 0.15) is 0 Å². The van der Waals surface area contributed by atoms with Gasteiger partial charge >= 0.3 is 0 Å². The highest BCUT2D eigenvalue weighted by Crippen LogP contribution is 2.38. The summed E-state index contributed by atoms with van der Waals surface area (Å²) in [4.78, 5) is 30.9. The lowest BCUT2D eigenvalue weighted by Crippen LogP contribution is -2.49. The Hall–Kier alpha value is -1.84. The van der Waals surface area contributed by atoms with E-state index in [1.165, 1.54) is 0 Å². The van der Waals surface area contributed by atoms with Crippen LogP contribution in [0.5, 0.6) is 0 Å². The molecule has 0 aromatic heterocycles. The highest BCUT2D eigenvalue weighted by Gasteiger charge is 2.42. The number of rotatable bonds is 7. The molecule has 0 radical (unpaired) electrons. The van der Waals surface area contributed by atoms with Crippen LogP contribution in [0.1, 0.15) is 50.5 Å². The van der Waals surface area contributed by atoms with Crippen molar-refractivity contribution < 1.29 is 9.59 Å². The molecular formula is C23H36IN5O2. The molecule has 31 heavy (non-hydrogen) atoms. The van der Waals surface area contributed by atoms with E-state index in [9.17, 15) is 9.59 Å². The van der Waals surface area contributed by atoms with Gasteiger partial charge in [-0.15, -0.1) is 24.0 Å². The molecule has 0 atom stereocenters. The van der Waals surface area contributed by atoms with Crippen molar-refractivity contribution in [2.75, 3.05) is 33.0 Å². The van der Waals surface area contributed by atoms with Crippen molar-refractivity contribution in [3.05, 3.63) is 29.8 Å². The van der Waals surface area contributed by atoms with Crippen LogP contribution >= 0.6 is 24.0 Å². The first-order valence-electron chi connectivity index (χ1n) is 11.0. The van der Waals surface area contributed by atoms with E-state index < -0.39 is 0 Å². The first-order chi connectivity index (χ1) is 14.4. The Labute approximate surface area is 202 Å². The molecule has 0 spiro atoms. The third-order valence-corrected chi connectivity index (χ3v) is 6.37. The van der Waals surface area contributed by atoms with Gasteiger partial charge in [0.05, 0.1) is 5.41 Å². The van der Waals surface area contributed by atoms with E-state index in [1.54, 1.807) is 11.9 Å². The van der Waals surface area contributed by atoms with Gasteiger partial charge in [-0.2, -0.15) is 0 Å². The van der Waals surface area contributed by atoms with Gasteiger partial charge in [0.15, 0.2) is 5.96 Å². The fourth-order valence-corrected chi connectivity index (χ4v) is 4.33. The van der Waals surface area contributed by atoms with Crippen LogP contribution in [-0.2, 0) is 16.1 Å². The molecule has 1 aromatic carbocycles. The molecule has 2 aliphatic carbocycles. The summed E-state index contributed by atoms with van der Waals surface area (Å²) >= 11 is 0. The van der Waals surface area contributed by atoms with Crippen molar-refractivity contribution in [1.82, 2.24) is 15.5 Å². The summed E-state index contributed by atoms with van der Waals surface area (Å²) < 4.78 is 0. The molecule has 3 rings (SSSR count). The average molecular weight is 541 g/mol. The Balaban J connectivity index is 0.00000341. The van der Waals surface area contributed by atoms with Crippen LogP contribution in [0.2, 0.25) is 0 Å². The van der Waals surface area contributed by atoms with Gasteiger partial charge in [0.25, 0.3) is 0 Å². The smallest absolute Gasteiger partial charge is 0.230 e. The average Bonchev–Trinajstić information content (AvgIpc) is 3.16. The van der Waals surface area contributed by atoms with E-state index in [0.29, 0.717) is 19.0 Å². The molecule has 8 heteroatoms. The Morgan fingerprint density at radius 2 is 1.84 bits per heavy atom. The Bertz CT molecular complexity index is 786. The number of nitrogens with zero attached hydrogens (tertiary/aromatic N) is 2. The molecule has 2 fully saturated rings. The van der Waals surface area contributed by atoms with Crippen LogP contribution in [0, 0.1) is 11.3 Å². The summed E-state index contributed by atoms with van der Waals surface area (Å²) in [5.74, 6) is 1.16. The second kappa shape index (κ2) is 11.7. The third kappa shape index (κ3) is 6.57. The maximum atomic E-state index is 12.7. The van der Waals surface area contributed by atoms with E-state index >= 15 is 0 Å². The maximum absolute atomic E-state index is 12.7. The Morgan fingerprint density at radius 1 is 1.13 bits per heavy atom. The molecule has 7 nitrogen and oxygen atoms in total. The van der Waals surface area contributed by atoms with Gasteiger partial charge in [-0.05, 0) is 43.4 Å². The van der Waals surface area contributed by atoms with Crippen LogP contribution in [0.25, 0.3) is 0 Å². The monoisotopic (exact) mass is 541 g/mol. The summed E-state index contributed by atoms with van der Waals surface area (Å²) in [6.07, 6.45) is 7.14. The number of aliphatic imine (C=N–C) groups is 1. The molecule has 3 N–H and O–H groups in total. The van der Waals surface area contributed by atoms with E-state index in [-0.39, 0.29) is 47.1 Å². The number of amides is 2. The molecule has 2 amide bonds. The quantitative estimate of drug-likeness (QED) is 0.281. The van der Waals surface area contributed by atoms with Crippen molar-refractivity contribution in [2.24, 2.45) is 16.3 Å². The molecule has 0 aliphatic heterocycles. The van der Waals surface area contributed by atoms with Crippen LogP contribution in [0.3, 0.4) is 0 Å². The summed E-state index contributed by atoms with van der Waals surface area (Å²) in [6.45, 7) is 1.17. The lowest BCUT2D eigenvalue weighted by atomic mass is 9.84. The highest BCUT2D eigenvalue weighted by atomic mass is 127. The van der Waals surface area contributed by atoms with Gasteiger partial charge in [0, 0.05) is 45.8 Å². The number of carbonyl (C=O) groups is 2. The molecule has 0 bridgehead atoms. The largest absolute Gasteiger partial charge is 0.355 e. The minimum atomic E-state index is -0.340. The molecule has 1 aromatic rings. The van der Waals surface area contributed by atoms with Crippen molar-refractivity contribution in [1.29, 1.82) is 0 Å². The van der Waals surface area contributed by atoms with E-state index in [1.807, 2.05) is 38.4 Å². The van der Waals surface area contributed by atoms with E-state index in [2.05, 4.69) is 20.9 Å². The minimum absolute atomic E-state index is 0. The number of nitrogens with one attached hydrogen (secondary N) is 3. The van der Waals surface area contributed by atoms with Crippen molar-refractivity contribution in [2.45, 2.75) is 51.5 Å². The van der Waals surface area contributed by atoms with Gasteiger partial charge in [-0.25, -0.2) is 0 Å². The Kier molecular flexibility index (Phi) is 9.58. The third-order valence-electron chi connectivity index (χ3n) is 6.37. The van der Waals surface area contributed by atoms with Crippen molar-refractivity contribution >= 4 is 47.4 Å². The predicted molar refractivity (Wildman–Crippen MR) is 136 cm³/mol. The SMILES string of the molecule is CN=C(NCc1cccc(NC(=O)C2CCC2)c1)NCC1(C(=O)N(C)C)CCCC1.I. The first-order valence-corrected chi connectivity index (χ1v) is 11.0. The summed E-state index contributed by atoms with van der Waals surface area (Å²) in [6, 6.07) is 7.88. The topological polar surface area (TPSA) is 85.8 Å². The molecule has 0 heterocycles. The lowest BCUT2D eigenvalue weighted by molar-refractivity contribution is -0.138. The summed E-state index contributed by atoms with van der Waals surface area (Å²) in [5, 5.41) is 9.70. The standard InChI is InChI=1S/C23H35N5O2.HI/c1-24-22(26-16-23(12-4-5-13-23)21(30)28(2)3)25-15-17-8-6-11-19(14-17)27-20(29)18-9-7-10-18;/h6,8,11,14,18H,4-5,7,9-10,12-13,15-16H2,1-3H3,(H,27,29)(H2,24,25,26);1H. The van der Waals surface area contributed by atoms with Crippen LogP contribution in [0.15, 0.2) is 29.3 Å². The minimum Gasteiger partial charge on any atom is -0.355 e. The number of hydrogen-bond donors (Lipinski definition) is 3. The zero-order valence-electron chi connectivity index (χ0n) is 18.9. The number of benzene rings is 1.